The summed E-state index contributed by atoms with van der Waals surface area (Å²) in [6.07, 6.45) is -0.0523. The molecular weight excluding hydrogens is 560 g/mol. The van der Waals surface area contributed by atoms with Crippen molar-refractivity contribution in [2.24, 2.45) is 22.4 Å². The molecule has 0 aromatic heterocycles. The van der Waals surface area contributed by atoms with E-state index in [1.54, 1.807) is 38.1 Å². The van der Waals surface area contributed by atoms with Gasteiger partial charge in [0.15, 0.2) is 5.96 Å². The highest BCUT2D eigenvalue weighted by atomic mass is 16.5. The average Bonchev–Trinajstić information content (AvgIpc) is 3.33. The van der Waals surface area contributed by atoms with E-state index in [2.05, 4.69) is 33.1 Å². The smallest absolute Gasteiger partial charge is 0.407 e. The number of guanidine groups is 1. The molecule has 3 aromatic rings. The number of aliphatic imine (C=N–C) groups is 1. The van der Waals surface area contributed by atoms with Crippen molar-refractivity contribution in [3.8, 4) is 11.1 Å². The molecule has 0 bridgehead atoms. The molecule has 2 atom stereocenters. The molecule has 232 valence electrons. The van der Waals surface area contributed by atoms with Gasteiger partial charge < -0.3 is 37.3 Å². The van der Waals surface area contributed by atoms with Crippen LogP contribution in [0.4, 0.5) is 10.5 Å². The highest BCUT2D eigenvalue weighted by molar-refractivity contribution is 5.98. The first-order valence-electron chi connectivity index (χ1n) is 14.7. The predicted molar refractivity (Wildman–Crippen MR) is 170 cm³/mol. The predicted octanol–water partition coefficient (Wildman–Crippen LogP) is 3.22. The first kappa shape index (κ1) is 32.0. The Morgan fingerprint density at radius 2 is 1.50 bits per heavy atom. The topological polar surface area (TPSA) is 181 Å². The van der Waals surface area contributed by atoms with Crippen LogP contribution in [0.5, 0.6) is 0 Å². The molecule has 0 spiro atoms. The van der Waals surface area contributed by atoms with Gasteiger partial charge in [0.1, 0.15) is 18.7 Å². The van der Waals surface area contributed by atoms with Gasteiger partial charge in [-0.2, -0.15) is 0 Å². The third-order valence-electron chi connectivity index (χ3n) is 7.55. The number of nitrogens with two attached hydrogens (primary N) is 2. The summed E-state index contributed by atoms with van der Waals surface area (Å²) in [5.41, 5.74) is 16.4. The Hall–Kier alpha value is -4.90. The molecule has 44 heavy (non-hydrogen) atoms. The standard InChI is InChI=1S/C33H40N6O5/c1-20(2)29(39-33(43)44-19-27-25-10-5-3-8-23(25)24-9-4-6-11-26(24)27)31(42)38-28(12-7-17-36-32(34)35)30(41)37-22-15-13-21(18-40)14-16-22/h3-6,8-11,13-16,20,27-29,40H,7,12,17-19H2,1-2H3,(H,37,41)(H,38,42)(H,39,43)(H4,34,35,36)/t28-,29-/m0/s1. The van der Waals surface area contributed by atoms with Crippen LogP contribution < -0.4 is 27.4 Å². The molecule has 11 heteroatoms. The Labute approximate surface area is 257 Å². The van der Waals surface area contributed by atoms with Crippen molar-refractivity contribution in [2.75, 3.05) is 18.5 Å². The van der Waals surface area contributed by atoms with Gasteiger partial charge >= 0.3 is 6.09 Å². The summed E-state index contributed by atoms with van der Waals surface area (Å²) in [6.45, 7) is 3.86. The summed E-state index contributed by atoms with van der Waals surface area (Å²) >= 11 is 0. The van der Waals surface area contributed by atoms with Gasteiger partial charge in [0.05, 0.1) is 6.61 Å². The van der Waals surface area contributed by atoms with Crippen LogP contribution >= 0.6 is 0 Å². The molecule has 0 fully saturated rings. The Kier molecular flexibility index (Phi) is 10.9. The van der Waals surface area contributed by atoms with E-state index in [0.29, 0.717) is 17.7 Å². The zero-order valence-electron chi connectivity index (χ0n) is 25.0. The van der Waals surface area contributed by atoms with E-state index >= 15 is 0 Å². The Morgan fingerprint density at radius 3 is 2.07 bits per heavy atom. The van der Waals surface area contributed by atoms with Crippen molar-refractivity contribution in [3.63, 3.8) is 0 Å². The van der Waals surface area contributed by atoms with Crippen LogP contribution in [-0.2, 0) is 20.9 Å². The van der Waals surface area contributed by atoms with E-state index in [1.807, 2.05) is 36.4 Å². The molecule has 0 saturated carbocycles. The lowest BCUT2D eigenvalue weighted by Gasteiger charge is -2.25. The van der Waals surface area contributed by atoms with Gasteiger partial charge in [-0.3, -0.25) is 14.6 Å². The normalized spacial score (nSPS) is 13.3. The summed E-state index contributed by atoms with van der Waals surface area (Å²) in [5.74, 6) is -1.45. The van der Waals surface area contributed by atoms with E-state index in [9.17, 15) is 19.5 Å². The maximum absolute atomic E-state index is 13.4. The molecule has 0 heterocycles. The maximum atomic E-state index is 13.4. The number of ether oxygens (including phenoxy) is 1. The van der Waals surface area contributed by atoms with Crippen LogP contribution in [0.1, 0.15) is 49.3 Å². The van der Waals surface area contributed by atoms with Crippen molar-refractivity contribution < 1.29 is 24.2 Å². The number of alkyl carbamates (subject to hydrolysis) is 1. The highest BCUT2D eigenvalue weighted by Gasteiger charge is 2.32. The lowest BCUT2D eigenvalue weighted by molar-refractivity contribution is -0.128. The molecule has 0 saturated heterocycles. The third kappa shape index (κ3) is 8.13. The number of carbonyl (C=O) groups excluding carboxylic acids is 3. The quantitative estimate of drug-likeness (QED) is 0.0989. The molecule has 11 nitrogen and oxygen atoms in total. The molecule has 3 aromatic carbocycles. The first-order valence-corrected chi connectivity index (χ1v) is 14.7. The van der Waals surface area contributed by atoms with Gasteiger partial charge in [0.25, 0.3) is 0 Å². The minimum Gasteiger partial charge on any atom is -0.449 e. The maximum Gasteiger partial charge on any atom is 0.407 e. The Morgan fingerprint density at radius 1 is 0.886 bits per heavy atom. The largest absolute Gasteiger partial charge is 0.449 e. The van der Waals surface area contributed by atoms with Crippen molar-refractivity contribution in [1.82, 2.24) is 10.6 Å². The lowest BCUT2D eigenvalue weighted by atomic mass is 9.98. The fourth-order valence-corrected chi connectivity index (χ4v) is 5.26. The number of nitrogens with one attached hydrogen (secondary N) is 3. The molecule has 0 unspecified atom stereocenters. The number of carbonyl (C=O) groups is 3. The van der Waals surface area contributed by atoms with E-state index in [4.69, 9.17) is 16.2 Å². The number of amides is 3. The fraction of sp³-hybridized carbons (Fsp3) is 0.333. The second kappa shape index (κ2) is 15.0. The van der Waals surface area contributed by atoms with Crippen LogP contribution in [-0.4, -0.2) is 54.2 Å². The van der Waals surface area contributed by atoms with E-state index in [0.717, 1.165) is 22.3 Å². The van der Waals surface area contributed by atoms with Gasteiger partial charge in [-0.1, -0.05) is 74.5 Å². The van der Waals surface area contributed by atoms with Gasteiger partial charge in [0, 0.05) is 18.2 Å². The number of nitrogens with zero attached hydrogens (tertiary/aromatic N) is 1. The van der Waals surface area contributed by atoms with Crippen molar-refractivity contribution in [1.29, 1.82) is 0 Å². The number of hydrogen-bond donors (Lipinski definition) is 6. The number of fused-ring (bicyclic) bond motifs is 3. The molecule has 1 aliphatic rings. The van der Waals surface area contributed by atoms with Crippen molar-refractivity contribution in [2.45, 2.75) is 51.3 Å². The summed E-state index contributed by atoms with van der Waals surface area (Å²) in [7, 11) is 0. The van der Waals surface area contributed by atoms with Crippen LogP contribution in [0.25, 0.3) is 11.1 Å². The summed E-state index contributed by atoms with van der Waals surface area (Å²) < 4.78 is 5.66. The van der Waals surface area contributed by atoms with E-state index in [-0.39, 0.29) is 44.0 Å². The molecular formula is C33H40N6O5. The molecule has 3 amide bonds. The van der Waals surface area contributed by atoms with Gasteiger partial charge in [-0.25, -0.2) is 4.79 Å². The molecule has 0 radical (unpaired) electrons. The van der Waals surface area contributed by atoms with Crippen LogP contribution in [0.3, 0.4) is 0 Å². The third-order valence-corrected chi connectivity index (χ3v) is 7.55. The summed E-state index contributed by atoms with van der Waals surface area (Å²) in [5, 5.41) is 17.6. The van der Waals surface area contributed by atoms with Gasteiger partial charge in [-0.05, 0) is 58.7 Å². The van der Waals surface area contributed by atoms with Gasteiger partial charge in [-0.15, -0.1) is 0 Å². The summed E-state index contributed by atoms with van der Waals surface area (Å²) in [4.78, 5) is 43.6. The van der Waals surface area contributed by atoms with Crippen LogP contribution in [0.15, 0.2) is 77.8 Å². The average molecular weight is 601 g/mol. The highest BCUT2D eigenvalue weighted by Crippen LogP contribution is 2.44. The monoisotopic (exact) mass is 600 g/mol. The van der Waals surface area contributed by atoms with Crippen LogP contribution in [0, 0.1) is 5.92 Å². The molecule has 8 N–H and O–H groups in total. The SMILES string of the molecule is CC(C)[C@H](NC(=O)OCC1c2ccccc2-c2ccccc21)C(=O)N[C@@H](CCCN=C(N)N)C(=O)Nc1ccc(CO)cc1. The number of aliphatic hydroxyl groups excluding tert-OH is 1. The first-order chi connectivity index (χ1) is 21.2. The minimum atomic E-state index is -0.956. The second-order valence-electron chi connectivity index (χ2n) is 11.0. The zero-order chi connectivity index (χ0) is 31.6. The molecule has 1 aliphatic carbocycles. The number of hydrogen-bond acceptors (Lipinski definition) is 6. The van der Waals surface area contributed by atoms with Crippen molar-refractivity contribution >= 4 is 29.6 Å². The molecule has 0 aliphatic heterocycles. The van der Waals surface area contributed by atoms with Crippen LogP contribution in [0.2, 0.25) is 0 Å². The van der Waals surface area contributed by atoms with E-state index in [1.165, 1.54) is 0 Å². The number of aliphatic hydroxyl groups is 1. The second-order valence-corrected chi connectivity index (χ2v) is 11.0. The van der Waals surface area contributed by atoms with Crippen molar-refractivity contribution in [3.05, 3.63) is 89.5 Å². The molecule has 4 rings (SSSR count). The lowest BCUT2D eigenvalue weighted by Crippen LogP contribution is -2.54. The van der Waals surface area contributed by atoms with E-state index < -0.39 is 30.0 Å². The summed E-state index contributed by atoms with van der Waals surface area (Å²) in [6, 6.07) is 20.9. The Bertz CT molecular complexity index is 1440. The zero-order valence-corrected chi connectivity index (χ0v) is 25.0. The Balaban J connectivity index is 1.40. The van der Waals surface area contributed by atoms with Gasteiger partial charge in [0.2, 0.25) is 11.8 Å². The minimum absolute atomic E-state index is 0.0637. The number of anilines is 1. The fourth-order valence-electron chi connectivity index (χ4n) is 5.26. The number of rotatable bonds is 13. The number of benzene rings is 3.